The molecule has 0 amide bonds. The molecule has 0 aromatic heterocycles. The van der Waals surface area contributed by atoms with E-state index in [4.69, 9.17) is 9.47 Å². The summed E-state index contributed by atoms with van der Waals surface area (Å²) in [5, 5.41) is 0. The molecule has 7 heteroatoms. The van der Waals surface area contributed by atoms with E-state index in [1.54, 1.807) is 29.6 Å². The van der Waals surface area contributed by atoms with Crippen LogP contribution in [-0.2, 0) is 16.6 Å². The first kappa shape index (κ1) is 23.1. The predicted octanol–water partition coefficient (Wildman–Crippen LogP) is 4.02. The number of para-hydroxylation sites is 1. The minimum atomic E-state index is -3.60. The SMILES string of the molecule is COc1ccc(CN2CCC3(CC2)COc2ccccc2S(=O)(=O)N(CC(C)C)C3)cc1. The molecule has 4 rings (SSSR count). The molecule has 0 atom stereocenters. The number of ether oxygens (including phenoxy) is 2. The Morgan fingerprint density at radius 1 is 1.06 bits per heavy atom. The number of hydrogen-bond donors (Lipinski definition) is 0. The highest BCUT2D eigenvalue weighted by Crippen LogP contribution is 2.39. The van der Waals surface area contributed by atoms with Gasteiger partial charge in [0, 0.05) is 25.0 Å². The van der Waals surface area contributed by atoms with E-state index in [9.17, 15) is 8.42 Å². The third kappa shape index (κ3) is 4.95. The van der Waals surface area contributed by atoms with E-state index in [0.29, 0.717) is 25.4 Å². The van der Waals surface area contributed by atoms with Gasteiger partial charge in [-0.3, -0.25) is 4.90 Å². The highest BCUT2D eigenvalue weighted by molar-refractivity contribution is 7.89. The van der Waals surface area contributed by atoms with Crippen LogP contribution in [0.15, 0.2) is 53.4 Å². The second-order valence-electron chi connectivity index (χ2n) is 9.55. The fourth-order valence-corrected chi connectivity index (χ4v) is 6.55. The number of piperidine rings is 1. The maximum Gasteiger partial charge on any atom is 0.246 e. The zero-order valence-corrected chi connectivity index (χ0v) is 20.1. The Balaban J connectivity index is 1.52. The quantitative estimate of drug-likeness (QED) is 0.677. The Kier molecular flexibility index (Phi) is 6.79. The molecular formula is C25H34N2O4S. The van der Waals surface area contributed by atoms with E-state index in [1.165, 1.54) is 5.56 Å². The fourth-order valence-electron chi connectivity index (χ4n) is 4.70. The van der Waals surface area contributed by atoms with Crippen LogP contribution in [0, 0.1) is 11.3 Å². The smallest absolute Gasteiger partial charge is 0.246 e. The summed E-state index contributed by atoms with van der Waals surface area (Å²) in [4.78, 5) is 2.73. The van der Waals surface area contributed by atoms with Gasteiger partial charge < -0.3 is 9.47 Å². The molecule has 1 fully saturated rings. The maximum atomic E-state index is 13.5. The Hall–Kier alpha value is -2.09. The maximum absolute atomic E-state index is 13.5. The zero-order valence-electron chi connectivity index (χ0n) is 19.3. The van der Waals surface area contributed by atoms with Crippen molar-refractivity contribution in [1.29, 1.82) is 0 Å². The van der Waals surface area contributed by atoms with Crippen molar-refractivity contribution in [3.63, 3.8) is 0 Å². The summed E-state index contributed by atoms with van der Waals surface area (Å²) in [6, 6.07) is 15.2. The first-order valence-electron chi connectivity index (χ1n) is 11.4. The molecule has 6 nitrogen and oxygen atoms in total. The molecule has 0 aliphatic carbocycles. The molecule has 0 N–H and O–H groups in total. The van der Waals surface area contributed by atoms with Crippen molar-refractivity contribution in [2.24, 2.45) is 11.3 Å². The highest BCUT2D eigenvalue weighted by Gasteiger charge is 2.42. The average molecular weight is 459 g/mol. The van der Waals surface area contributed by atoms with Gasteiger partial charge in [0.2, 0.25) is 10.0 Å². The second kappa shape index (κ2) is 9.41. The molecule has 0 saturated carbocycles. The van der Waals surface area contributed by atoms with Crippen molar-refractivity contribution in [3.8, 4) is 11.5 Å². The summed E-state index contributed by atoms with van der Waals surface area (Å²) in [5.41, 5.74) is 1.08. The molecule has 2 aromatic rings. The first-order valence-corrected chi connectivity index (χ1v) is 12.8. The number of hydrogen-bond acceptors (Lipinski definition) is 5. The van der Waals surface area contributed by atoms with Gasteiger partial charge in [-0.1, -0.05) is 38.1 Å². The van der Waals surface area contributed by atoms with Crippen LogP contribution in [0.2, 0.25) is 0 Å². The molecule has 2 aliphatic heterocycles. The molecule has 2 aromatic carbocycles. The van der Waals surface area contributed by atoms with Gasteiger partial charge in [0.1, 0.15) is 16.4 Å². The fraction of sp³-hybridized carbons (Fsp3) is 0.520. The van der Waals surface area contributed by atoms with Crippen molar-refractivity contribution in [3.05, 3.63) is 54.1 Å². The lowest BCUT2D eigenvalue weighted by Gasteiger charge is -2.45. The largest absolute Gasteiger partial charge is 0.497 e. The van der Waals surface area contributed by atoms with Crippen LogP contribution >= 0.6 is 0 Å². The number of methoxy groups -OCH3 is 1. The third-order valence-corrected chi connectivity index (χ3v) is 8.41. The van der Waals surface area contributed by atoms with Crippen LogP contribution in [0.5, 0.6) is 11.5 Å². The molecule has 2 heterocycles. The number of sulfonamides is 1. The number of likely N-dealkylation sites (tertiary alicyclic amines) is 1. The van der Waals surface area contributed by atoms with Gasteiger partial charge in [0.15, 0.2) is 0 Å². The minimum Gasteiger partial charge on any atom is -0.497 e. The monoisotopic (exact) mass is 458 g/mol. The molecule has 32 heavy (non-hydrogen) atoms. The van der Waals surface area contributed by atoms with E-state index in [2.05, 4.69) is 30.9 Å². The van der Waals surface area contributed by atoms with Crippen molar-refractivity contribution in [1.82, 2.24) is 9.21 Å². The van der Waals surface area contributed by atoms with E-state index in [0.717, 1.165) is 38.2 Å². The van der Waals surface area contributed by atoms with Crippen LogP contribution in [0.4, 0.5) is 0 Å². The zero-order chi connectivity index (χ0) is 22.8. The third-order valence-electron chi connectivity index (χ3n) is 6.56. The van der Waals surface area contributed by atoms with Gasteiger partial charge in [-0.15, -0.1) is 0 Å². The summed E-state index contributed by atoms with van der Waals surface area (Å²) in [6.45, 7) is 8.45. The Morgan fingerprint density at radius 3 is 2.41 bits per heavy atom. The number of nitrogens with zero attached hydrogens (tertiary/aromatic N) is 2. The Morgan fingerprint density at radius 2 is 1.75 bits per heavy atom. The van der Waals surface area contributed by atoms with Crippen LogP contribution in [-0.4, -0.2) is 57.5 Å². The average Bonchev–Trinajstić information content (AvgIpc) is 2.79. The van der Waals surface area contributed by atoms with Crippen molar-refractivity contribution >= 4 is 10.0 Å². The van der Waals surface area contributed by atoms with Gasteiger partial charge >= 0.3 is 0 Å². The molecule has 174 valence electrons. The summed E-state index contributed by atoms with van der Waals surface area (Å²) >= 11 is 0. The van der Waals surface area contributed by atoms with Crippen molar-refractivity contribution < 1.29 is 17.9 Å². The summed E-state index contributed by atoms with van der Waals surface area (Å²) < 4.78 is 40.2. The minimum absolute atomic E-state index is 0.175. The molecule has 0 unspecified atom stereocenters. The molecule has 0 bridgehead atoms. The lowest BCUT2D eigenvalue weighted by molar-refractivity contribution is 0.0310. The second-order valence-corrected chi connectivity index (χ2v) is 11.5. The van der Waals surface area contributed by atoms with Crippen molar-refractivity contribution in [2.45, 2.75) is 38.1 Å². The first-order chi connectivity index (χ1) is 15.3. The van der Waals surface area contributed by atoms with Gasteiger partial charge in [-0.25, -0.2) is 8.42 Å². The van der Waals surface area contributed by atoms with E-state index in [-0.39, 0.29) is 16.2 Å². The molecular weight excluding hydrogens is 424 g/mol. The lowest BCUT2D eigenvalue weighted by atomic mass is 9.78. The van der Waals surface area contributed by atoms with Gasteiger partial charge in [0.05, 0.1) is 13.7 Å². The highest BCUT2D eigenvalue weighted by atomic mass is 32.2. The Labute approximate surface area is 192 Å². The van der Waals surface area contributed by atoms with Crippen LogP contribution in [0.25, 0.3) is 0 Å². The van der Waals surface area contributed by atoms with E-state index >= 15 is 0 Å². The normalized spacial score (nSPS) is 20.9. The van der Waals surface area contributed by atoms with Crippen LogP contribution in [0.1, 0.15) is 32.3 Å². The van der Waals surface area contributed by atoms with Crippen LogP contribution in [0.3, 0.4) is 0 Å². The van der Waals surface area contributed by atoms with Crippen molar-refractivity contribution in [2.75, 3.05) is 39.9 Å². The van der Waals surface area contributed by atoms with E-state index in [1.807, 2.05) is 18.2 Å². The van der Waals surface area contributed by atoms with Gasteiger partial charge in [0.25, 0.3) is 0 Å². The van der Waals surface area contributed by atoms with Crippen LogP contribution < -0.4 is 9.47 Å². The summed E-state index contributed by atoms with van der Waals surface area (Å²) in [7, 11) is -1.92. The van der Waals surface area contributed by atoms with E-state index < -0.39 is 10.0 Å². The molecule has 1 spiro atoms. The van der Waals surface area contributed by atoms with Gasteiger partial charge in [-0.2, -0.15) is 4.31 Å². The standard InChI is InChI=1S/C25H34N2O4S/c1-20(2)16-27-18-25(19-31-23-6-4-5-7-24(23)32(27,28)29)12-14-26(15-13-25)17-21-8-10-22(30-3)11-9-21/h4-11,20H,12-19H2,1-3H3. The molecule has 1 saturated heterocycles. The lowest BCUT2D eigenvalue weighted by Crippen LogP contribution is -2.52. The number of benzene rings is 2. The molecule has 2 aliphatic rings. The summed E-state index contributed by atoms with van der Waals surface area (Å²) in [5.74, 6) is 1.59. The summed E-state index contributed by atoms with van der Waals surface area (Å²) in [6.07, 6.45) is 1.82. The topological polar surface area (TPSA) is 59.1 Å². The Bertz CT molecular complexity index is 1010. The predicted molar refractivity (Wildman–Crippen MR) is 125 cm³/mol. The van der Waals surface area contributed by atoms with Gasteiger partial charge in [-0.05, 0) is 61.7 Å². The molecule has 0 radical (unpaired) electrons. The number of rotatable bonds is 5. The number of fused-ring (bicyclic) bond motifs is 1.